The van der Waals surface area contributed by atoms with Crippen molar-refractivity contribution in [2.24, 2.45) is 0 Å². The quantitative estimate of drug-likeness (QED) is 0.807. The Hall–Kier alpha value is -2.28. The number of hydrogen-bond donors (Lipinski definition) is 1. The highest BCUT2D eigenvalue weighted by Crippen LogP contribution is 2.59. The number of ether oxygens (including phenoxy) is 3. The van der Waals surface area contributed by atoms with Gasteiger partial charge in [-0.05, 0) is 31.4 Å². The van der Waals surface area contributed by atoms with Gasteiger partial charge in [0, 0.05) is 42.9 Å². The number of nitrogens with zero attached hydrogens (tertiary/aromatic N) is 1. The van der Waals surface area contributed by atoms with Gasteiger partial charge in [0.05, 0.1) is 13.2 Å². The molecule has 3 amide bonds. The molecule has 3 aliphatic heterocycles. The van der Waals surface area contributed by atoms with E-state index in [4.69, 9.17) is 14.2 Å². The van der Waals surface area contributed by atoms with E-state index in [-0.39, 0.29) is 36.1 Å². The molecule has 2 spiro atoms. The lowest BCUT2D eigenvalue weighted by Gasteiger charge is -2.40. The lowest BCUT2D eigenvalue weighted by molar-refractivity contribution is -0.135. The molecule has 7 heteroatoms. The summed E-state index contributed by atoms with van der Waals surface area (Å²) in [7, 11) is 0. The molecule has 0 radical (unpaired) electrons. The minimum Gasteiger partial charge on any atom is -0.492 e. The van der Waals surface area contributed by atoms with Gasteiger partial charge in [0.2, 0.25) is 0 Å². The monoisotopic (exact) mass is 384 g/mol. The standard InChI is InChI=1S/C21H24N2O5/c1-12-2-3-15-16(20(4-5-20)10-27-15)17(12)28-14-8-13(9-14)23-18(24)21(22-19(23)25)6-7-26-11-21/h2-3,13-14H,4-11H2,1H3,(H,22,25)/t13?,14?,21-/m1/s1. The van der Waals surface area contributed by atoms with Crippen molar-refractivity contribution in [3.05, 3.63) is 23.3 Å². The molecule has 7 nitrogen and oxygen atoms in total. The van der Waals surface area contributed by atoms with Crippen LogP contribution in [0.25, 0.3) is 0 Å². The second kappa shape index (κ2) is 5.41. The molecule has 0 aromatic heterocycles. The van der Waals surface area contributed by atoms with Crippen LogP contribution in [0.4, 0.5) is 4.79 Å². The summed E-state index contributed by atoms with van der Waals surface area (Å²) >= 11 is 0. The van der Waals surface area contributed by atoms with Gasteiger partial charge in [0.15, 0.2) is 0 Å². The van der Waals surface area contributed by atoms with E-state index >= 15 is 0 Å². The predicted octanol–water partition coefficient (Wildman–Crippen LogP) is 2.04. The summed E-state index contributed by atoms with van der Waals surface area (Å²) in [5.74, 6) is 1.76. The molecule has 5 aliphatic rings. The van der Waals surface area contributed by atoms with E-state index in [2.05, 4.69) is 12.2 Å². The summed E-state index contributed by atoms with van der Waals surface area (Å²) in [6.07, 6.45) is 4.22. The fraction of sp³-hybridized carbons (Fsp3) is 0.619. The maximum absolute atomic E-state index is 12.8. The zero-order chi connectivity index (χ0) is 19.1. The van der Waals surface area contributed by atoms with Crippen LogP contribution >= 0.6 is 0 Å². The summed E-state index contributed by atoms with van der Waals surface area (Å²) < 4.78 is 17.7. The SMILES string of the molecule is Cc1ccc2c(c1OC1CC(N3C(=O)N[C@@]4(CCOC4)C3=O)C1)C1(CC1)CO2. The van der Waals surface area contributed by atoms with Gasteiger partial charge in [-0.3, -0.25) is 9.69 Å². The van der Waals surface area contributed by atoms with Crippen molar-refractivity contribution >= 4 is 11.9 Å². The number of hydrogen-bond acceptors (Lipinski definition) is 5. The molecule has 0 bridgehead atoms. The van der Waals surface area contributed by atoms with E-state index in [1.165, 1.54) is 10.5 Å². The minimum atomic E-state index is -0.838. The Morgan fingerprint density at radius 1 is 1.18 bits per heavy atom. The molecule has 1 aromatic rings. The summed E-state index contributed by atoms with van der Waals surface area (Å²) in [6.45, 7) is 3.61. The number of carbonyl (C=O) groups excluding carboxylic acids is 2. The molecule has 2 saturated heterocycles. The van der Waals surface area contributed by atoms with Gasteiger partial charge in [-0.2, -0.15) is 0 Å². The van der Waals surface area contributed by atoms with Crippen LogP contribution in [-0.4, -0.2) is 54.3 Å². The molecule has 3 heterocycles. The third kappa shape index (κ3) is 2.14. The van der Waals surface area contributed by atoms with Gasteiger partial charge in [0.1, 0.15) is 23.1 Å². The van der Waals surface area contributed by atoms with E-state index in [9.17, 15) is 9.59 Å². The Morgan fingerprint density at radius 3 is 2.71 bits per heavy atom. The van der Waals surface area contributed by atoms with Crippen LogP contribution in [0.3, 0.4) is 0 Å². The van der Waals surface area contributed by atoms with Gasteiger partial charge in [-0.25, -0.2) is 4.79 Å². The van der Waals surface area contributed by atoms with Crippen molar-refractivity contribution in [3.63, 3.8) is 0 Å². The fourth-order valence-electron chi connectivity index (χ4n) is 5.09. The zero-order valence-corrected chi connectivity index (χ0v) is 16.0. The molecule has 148 valence electrons. The second-order valence-corrected chi connectivity index (χ2v) is 9.01. The van der Waals surface area contributed by atoms with Gasteiger partial charge >= 0.3 is 6.03 Å². The third-order valence-electron chi connectivity index (χ3n) is 7.14. The summed E-state index contributed by atoms with van der Waals surface area (Å²) in [4.78, 5) is 26.7. The first-order chi connectivity index (χ1) is 13.5. The normalized spacial score (nSPS) is 34.4. The maximum atomic E-state index is 12.8. The van der Waals surface area contributed by atoms with Crippen molar-refractivity contribution in [1.82, 2.24) is 10.2 Å². The van der Waals surface area contributed by atoms with E-state index in [0.717, 1.165) is 36.5 Å². The molecule has 1 N–H and O–H groups in total. The lowest BCUT2D eigenvalue weighted by atomic mass is 9.86. The van der Waals surface area contributed by atoms with Crippen LogP contribution in [0.15, 0.2) is 12.1 Å². The Labute approximate surface area is 163 Å². The Kier molecular flexibility index (Phi) is 3.22. The van der Waals surface area contributed by atoms with E-state index in [1.54, 1.807) is 0 Å². The lowest BCUT2D eigenvalue weighted by Crippen LogP contribution is -2.53. The Balaban J connectivity index is 1.18. The highest BCUT2D eigenvalue weighted by Gasteiger charge is 2.57. The molecule has 2 saturated carbocycles. The van der Waals surface area contributed by atoms with Crippen molar-refractivity contribution in [1.29, 1.82) is 0 Å². The maximum Gasteiger partial charge on any atom is 0.325 e. The van der Waals surface area contributed by atoms with Gasteiger partial charge in [0.25, 0.3) is 5.91 Å². The molecule has 1 aromatic carbocycles. The van der Waals surface area contributed by atoms with Crippen LogP contribution in [-0.2, 0) is 14.9 Å². The molecule has 2 aliphatic carbocycles. The second-order valence-electron chi connectivity index (χ2n) is 9.01. The highest BCUT2D eigenvalue weighted by molar-refractivity contribution is 6.07. The van der Waals surface area contributed by atoms with Gasteiger partial charge in [-0.15, -0.1) is 0 Å². The van der Waals surface area contributed by atoms with Crippen LogP contribution in [0.2, 0.25) is 0 Å². The Morgan fingerprint density at radius 2 is 2.00 bits per heavy atom. The van der Waals surface area contributed by atoms with Crippen molar-refractivity contribution in [3.8, 4) is 11.5 Å². The van der Waals surface area contributed by atoms with Crippen LogP contribution in [0.1, 0.15) is 43.2 Å². The van der Waals surface area contributed by atoms with Gasteiger partial charge in [-0.1, -0.05) is 6.07 Å². The molecule has 0 unspecified atom stereocenters. The smallest absolute Gasteiger partial charge is 0.325 e. The number of amides is 3. The van der Waals surface area contributed by atoms with Gasteiger partial charge < -0.3 is 19.5 Å². The first-order valence-electron chi connectivity index (χ1n) is 10.2. The topological polar surface area (TPSA) is 77.1 Å². The van der Waals surface area contributed by atoms with Crippen LogP contribution < -0.4 is 14.8 Å². The molecule has 1 atom stereocenters. The fourth-order valence-corrected chi connectivity index (χ4v) is 5.09. The largest absolute Gasteiger partial charge is 0.492 e. The molecule has 28 heavy (non-hydrogen) atoms. The van der Waals surface area contributed by atoms with E-state index in [1.807, 2.05) is 12.1 Å². The number of aryl methyl sites for hydroxylation is 1. The summed E-state index contributed by atoms with van der Waals surface area (Å²) in [6, 6.07) is 3.71. The number of imide groups is 1. The van der Waals surface area contributed by atoms with Crippen LogP contribution in [0, 0.1) is 6.92 Å². The number of urea groups is 1. The highest BCUT2D eigenvalue weighted by atomic mass is 16.5. The Bertz CT molecular complexity index is 881. The van der Waals surface area contributed by atoms with Crippen LogP contribution in [0.5, 0.6) is 11.5 Å². The van der Waals surface area contributed by atoms with Crippen molar-refractivity contribution in [2.75, 3.05) is 19.8 Å². The molecular weight excluding hydrogens is 360 g/mol. The van der Waals surface area contributed by atoms with Crippen molar-refractivity contribution in [2.45, 2.75) is 62.1 Å². The zero-order valence-electron chi connectivity index (χ0n) is 16.0. The number of benzene rings is 1. The van der Waals surface area contributed by atoms with E-state index < -0.39 is 5.54 Å². The number of fused-ring (bicyclic) bond motifs is 2. The average molecular weight is 384 g/mol. The summed E-state index contributed by atoms with van der Waals surface area (Å²) in [5.41, 5.74) is 1.67. The number of nitrogens with one attached hydrogen (secondary N) is 1. The van der Waals surface area contributed by atoms with Crippen molar-refractivity contribution < 1.29 is 23.8 Å². The average Bonchev–Trinajstić information content (AvgIpc) is 2.99. The van der Waals surface area contributed by atoms with E-state index in [0.29, 0.717) is 25.9 Å². The number of carbonyl (C=O) groups is 2. The summed E-state index contributed by atoms with van der Waals surface area (Å²) in [5, 5.41) is 2.86. The molecule has 4 fully saturated rings. The number of rotatable bonds is 3. The third-order valence-corrected chi connectivity index (χ3v) is 7.14. The molecule has 6 rings (SSSR count). The first-order valence-corrected chi connectivity index (χ1v) is 10.2. The first kappa shape index (κ1) is 16.7. The minimum absolute atomic E-state index is 0.0172. The molecular formula is C21H24N2O5. The predicted molar refractivity (Wildman–Crippen MR) is 98.6 cm³/mol.